The number of nitrogens with two attached hydrogens (primary N) is 1. The van der Waals surface area contributed by atoms with Crippen LogP contribution in [0.1, 0.15) is 124 Å². The highest BCUT2D eigenvalue weighted by Gasteiger charge is 2.29. The molecule has 0 aromatic rings. The third-order valence-corrected chi connectivity index (χ3v) is 6.90. The summed E-state index contributed by atoms with van der Waals surface area (Å²) in [6, 6.07) is 0. The molecule has 0 amide bonds. The standard InChI is InChI=1S/C20H43NO2S/c1-4-5-6-7-8-9-10-11-12-13-14-15-16-17-18-19-20(2,3)24(21,22)23/h4-19H2,1-3H3,(H2,21,22,23). The molecule has 0 radical (unpaired) electrons. The van der Waals surface area contributed by atoms with E-state index in [1.165, 1.54) is 83.5 Å². The summed E-state index contributed by atoms with van der Waals surface area (Å²) < 4.78 is 22.0. The van der Waals surface area contributed by atoms with Crippen LogP contribution in [0.4, 0.5) is 0 Å². The molecule has 0 heterocycles. The average Bonchev–Trinajstić information content (AvgIpc) is 2.50. The van der Waals surface area contributed by atoms with Gasteiger partial charge in [-0.05, 0) is 20.3 Å². The minimum atomic E-state index is -3.42. The molecule has 0 fully saturated rings. The lowest BCUT2D eigenvalue weighted by atomic mass is 10.0. The van der Waals surface area contributed by atoms with Crippen molar-refractivity contribution in [3.63, 3.8) is 0 Å². The largest absolute Gasteiger partial charge is 0.228 e. The van der Waals surface area contributed by atoms with Crippen LogP contribution < -0.4 is 5.14 Å². The van der Waals surface area contributed by atoms with Gasteiger partial charge in [-0.2, -0.15) is 0 Å². The van der Waals surface area contributed by atoms with E-state index in [9.17, 15) is 8.42 Å². The number of unbranched alkanes of at least 4 members (excludes halogenated alkanes) is 14. The summed E-state index contributed by atoms with van der Waals surface area (Å²) in [6.07, 6.45) is 20.6. The van der Waals surface area contributed by atoms with E-state index in [2.05, 4.69) is 6.92 Å². The van der Waals surface area contributed by atoms with Gasteiger partial charge in [0.2, 0.25) is 10.0 Å². The first-order valence-electron chi connectivity index (χ1n) is 10.3. The van der Waals surface area contributed by atoms with Gasteiger partial charge in [0.1, 0.15) is 0 Å². The number of hydrogen-bond donors (Lipinski definition) is 1. The molecule has 24 heavy (non-hydrogen) atoms. The van der Waals surface area contributed by atoms with Crippen molar-refractivity contribution in [2.75, 3.05) is 0 Å². The van der Waals surface area contributed by atoms with Crippen molar-refractivity contribution in [3.8, 4) is 0 Å². The van der Waals surface area contributed by atoms with E-state index >= 15 is 0 Å². The van der Waals surface area contributed by atoms with Crippen molar-refractivity contribution >= 4 is 10.0 Å². The maximum Gasteiger partial charge on any atom is 0.214 e. The lowest BCUT2D eigenvalue weighted by Crippen LogP contribution is -2.37. The van der Waals surface area contributed by atoms with Crippen LogP contribution in [0.15, 0.2) is 0 Å². The molecule has 146 valence electrons. The summed E-state index contributed by atoms with van der Waals surface area (Å²) >= 11 is 0. The van der Waals surface area contributed by atoms with Crippen molar-refractivity contribution in [1.29, 1.82) is 0 Å². The fraction of sp³-hybridized carbons (Fsp3) is 1.00. The zero-order valence-electron chi connectivity index (χ0n) is 16.6. The second-order valence-electron chi connectivity index (χ2n) is 8.00. The molecule has 3 nitrogen and oxygen atoms in total. The molecule has 0 atom stereocenters. The molecular formula is C20H43NO2S. The van der Waals surface area contributed by atoms with Crippen LogP contribution in [0.5, 0.6) is 0 Å². The predicted octanol–water partition coefficient (Wildman–Crippen LogP) is 6.32. The molecule has 0 unspecified atom stereocenters. The minimum Gasteiger partial charge on any atom is -0.228 e. The van der Waals surface area contributed by atoms with E-state index in [0.717, 1.165) is 12.8 Å². The number of primary sulfonamides is 1. The van der Waals surface area contributed by atoms with Crippen LogP contribution in [-0.4, -0.2) is 13.2 Å². The summed E-state index contributed by atoms with van der Waals surface area (Å²) in [5.74, 6) is 0. The topological polar surface area (TPSA) is 60.2 Å². The van der Waals surface area contributed by atoms with E-state index in [0.29, 0.717) is 6.42 Å². The monoisotopic (exact) mass is 361 g/mol. The molecule has 0 spiro atoms. The van der Waals surface area contributed by atoms with Gasteiger partial charge < -0.3 is 0 Å². The summed E-state index contributed by atoms with van der Waals surface area (Å²) in [6.45, 7) is 5.73. The minimum absolute atomic E-state index is 0.671. The lowest BCUT2D eigenvalue weighted by Gasteiger charge is -2.21. The Morgan fingerprint density at radius 1 is 0.625 bits per heavy atom. The first-order chi connectivity index (χ1) is 11.3. The van der Waals surface area contributed by atoms with Crippen molar-refractivity contribution in [1.82, 2.24) is 0 Å². The second kappa shape index (κ2) is 14.1. The lowest BCUT2D eigenvalue weighted by molar-refractivity contribution is 0.492. The number of sulfonamides is 1. The van der Waals surface area contributed by atoms with Crippen LogP contribution in [0, 0.1) is 0 Å². The van der Waals surface area contributed by atoms with E-state index in [4.69, 9.17) is 5.14 Å². The van der Waals surface area contributed by atoms with Gasteiger partial charge in [0.15, 0.2) is 0 Å². The highest BCUT2D eigenvalue weighted by Crippen LogP contribution is 2.22. The summed E-state index contributed by atoms with van der Waals surface area (Å²) in [4.78, 5) is 0. The Labute approximate surface area is 152 Å². The molecule has 2 N–H and O–H groups in total. The highest BCUT2D eigenvalue weighted by atomic mass is 32.2. The SMILES string of the molecule is CCCCCCCCCCCCCCCCCC(C)(C)S(N)(=O)=O. The zero-order valence-corrected chi connectivity index (χ0v) is 17.4. The molecule has 0 saturated carbocycles. The van der Waals surface area contributed by atoms with Crippen LogP contribution in [0.25, 0.3) is 0 Å². The van der Waals surface area contributed by atoms with Gasteiger partial charge in [0.25, 0.3) is 0 Å². The van der Waals surface area contributed by atoms with Gasteiger partial charge in [-0.15, -0.1) is 0 Å². The maximum atomic E-state index is 11.4. The Morgan fingerprint density at radius 3 is 1.21 bits per heavy atom. The van der Waals surface area contributed by atoms with Crippen LogP contribution in [0.2, 0.25) is 0 Å². The maximum absolute atomic E-state index is 11.4. The van der Waals surface area contributed by atoms with E-state index in [1.807, 2.05) is 0 Å². The molecule has 0 aromatic carbocycles. The third-order valence-electron chi connectivity index (χ3n) is 5.15. The van der Waals surface area contributed by atoms with Gasteiger partial charge >= 0.3 is 0 Å². The van der Waals surface area contributed by atoms with Crippen molar-refractivity contribution < 1.29 is 8.42 Å². The van der Waals surface area contributed by atoms with Crippen molar-refractivity contribution in [2.24, 2.45) is 5.14 Å². The normalized spacial score (nSPS) is 12.7. The molecule has 0 aromatic heterocycles. The highest BCUT2D eigenvalue weighted by molar-refractivity contribution is 7.90. The van der Waals surface area contributed by atoms with Crippen molar-refractivity contribution in [2.45, 2.75) is 128 Å². The molecular weight excluding hydrogens is 318 g/mol. The number of rotatable bonds is 17. The van der Waals surface area contributed by atoms with Crippen LogP contribution in [0.3, 0.4) is 0 Å². The first kappa shape index (κ1) is 23.9. The predicted molar refractivity (Wildman–Crippen MR) is 107 cm³/mol. The molecule has 0 rings (SSSR count). The molecule has 0 aliphatic rings. The van der Waals surface area contributed by atoms with Gasteiger partial charge in [-0.3, -0.25) is 0 Å². The first-order valence-corrected chi connectivity index (χ1v) is 11.9. The van der Waals surface area contributed by atoms with E-state index in [1.54, 1.807) is 13.8 Å². The Hall–Kier alpha value is -0.0900. The van der Waals surface area contributed by atoms with Gasteiger partial charge in [-0.1, -0.05) is 103 Å². The quantitative estimate of drug-likeness (QED) is 0.308. The Kier molecular flexibility index (Phi) is 14.1. The average molecular weight is 362 g/mol. The fourth-order valence-corrected chi connectivity index (χ4v) is 3.49. The Morgan fingerprint density at radius 2 is 0.917 bits per heavy atom. The van der Waals surface area contributed by atoms with Gasteiger partial charge in [-0.25, -0.2) is 13.6 Å². The number of hydrogen-bond acceptors (Lipinski definition) is 2. The van der Waals surface area contributed by atoms with E-state index < -0.39 is 14.8 Å². The second-order valence-corrected chi connectivity index (χ2v) is 10.2. The Balaban J connectivity index is 3.26. The third kappa shape index (κ3) is 13.2. The molecule has 0 saturated heterocycles. The zero-order chi connectivity index (χ0) is 18.3. The van der Waals surface area contributed by atoms with E-state index in [-0.39, 0.29) is 0 Å². The van der Waals surface area contributed by atoms with Gasteiger partial charge in [0, 0.05) is 0 Å². The summed E-state index contributed by atoms with van der Waals surface area (Å²) in [7, 11) is -3.42. The van der Waals surface area contributed by atoms with Crippen molar-refractivity contribution in [3.05, 3.63) is 0 Å². The van der Waals surface area contributed by atoms with Gasteiger partial charge in [0.05, 0.1) is 4.75 Å². The Bertz CT molecular complexity index is 377. The molecule has 4 heteroatoms. The fourth-order valence-electron chi connectivity index (χ4n) is 3.06. The van der Waals surface area contributed by atoms with Crippen LogP contribution in [-0.2, 0) is 10.0 Å². The molecule has 0 bridgehead atoms. The molecule has 0 aliphatic heterocycles. The smallest absolute Gasteiger partial charge is 0.214 e. The molecule has 0 aliphatic carbocycles. The summed E-state index contributed by atoms with van der Waals surface area (Å²) in [5, 5.41) is 5.25. The summed E-state index contributed by atoms with van der Waals surface area (Å²) in [5.41, 5.74) is 0. The van der Waals surface area contributed by atoms with Crippen LogP contribution >= 0.6 is 0 Å².